The minimum Gasteiger partial charge on any atom is -0.493 e. The van der Waals surface area contributed by atoms with Crippen LogP contribution in [0.2, 0.25) is 0 Å². The van der Waals surface area contributed by atoms with Gasteiger partial charge in [-0.1, -0.05) is 0 Å². The van der Waals surface area contributed by atoms with Crippen molar-refractivity contribution in [2.75, 3.05) is 33.1 Å². The minimum absolute atomic E-state index is 0.116. The standard InChI is InChI=1S/C19H20N4O8S/c1-29-14-5-3-12(9-15(14)30-2)18(25)21-20-17(24)11-31-19(26)13-4-6-16-22-32(27,28)8-7-23(16)10-13/h3-6,9-10H,7-8,11H2,1-2H3,(H,20,24)(H,21,25). The highest BCUT2D eigenvalue weighted by atomic mass is 32.2. The summed E-state index contributed by atoms with van der Waals surface area (Å²) in [6.45, 7) is -0.503. The van der Waals surface area contributed by atoms with Crippen molar-refractivity contribution in [3.63, 3.8) is 0 Å². The van der Waals surface area contributed by atoms with E-state index in [4.69, 9.17) is 14.2 Å². The van der Waals surface area contributed by atoms with Gasteiger partial charge in [-0.25, -0.2) is 13.2 Å². The Morgan fingerprint density at radius 3 is 2.56 bits per heavy atom. The fourth-order valence-electron chi connectivity index (χ4n) is 2.75. The minimum atomic E-state index is -3.50. The molecule has 0 aliphatic carbocycles. The van der Waals surface area contributed by atoms with Gasteiger partial charge in [-0.15, -0.1) is 4.40 Å². The van der Waals surface area contributed by atoms with Gasteiger partial charge in [-0.05, 0) is 30.4 Å². The lowest BCUT2D eigenvalue weighted by atomic mass is 10.2. The molecule has 0 fully saturated rings. The van der Waals surface area contributed by atoms with Crippen molar-refractivity contribution >= 4 is 33.6 Å². The van der Waals surface area contributed by atoms with Crippen LogP contribution in [0.1, 0.15) is 10.4 Å². The van der Waals surface area contributed by atoms with Gasteiger partial charge in [0.25, 0.3) is 21.8 Å². The molecule has 2 heterocycles. The van der Waals surface area contributed by atoms with Crippen LogP contribution in [0.5, 0.6) is 11.5 Å². The summed E-state index contributed by atoms with van der Waals surface area (Å²) in [5, 5.41) is 0. The number of methoxy groups -OCH3 is 2. The summed E-state index contributed by atoms with van der Waals surface area (Å²) < 4.78 is 41.8. The zero-order valence-electron chi connectivity index (χ0n) is 17.2. The zero-order valence-corrected chi connectivity index (χ0v) is 18.0. The van der Waals surface area contributed by atoms with Crippen LogP contribution in [0.15, 0.2) is 46.5 Å². The molecule has 2 amide bonds. The first kappa shape index (κ1) is 22.8. The molecule has 1 aromatic rings. The first-order chi connectivity index (χ1) is 15.2. The maximum Gasteiger partial charge on any atom is 0.340 e. The Bertz CT molecular complexity index is 1140. The molecule has 0 spiro atoms. The number of amides is 2. The Balaban J connectivity index is 1.49. The number of carbonyl (C=O) groups is 3. The highest BCUT2D eigenvalue weighted by Gasteiger charge is 2.25. The third kappa shape index (κ3) is 5.43. The molecule has 1 aromatic carbocycles. The van der Waals surface area contributed by atoms with E-state index in [0.717, 1.165) is 0 Å². The number of rotatable bonds is 6. The summed E-state index contributed by atoms with van der Waals surface area (Å²) >= 11 is 0. The summed E-state index contributed by atoms with van der Waals surface area (Å²) in [5.41, 5.74) is 4.66. The van der Waals surface area contributed by atoms with Crippen molar-refractivity contribution in [3.05, 3.63) is 47.7 Å². The fraction of sp³-hybridized carbons (Fsp3) is 0.263. The zero-order chi connectivity index (χ0) is 23.3. The molecule has 0 saturated heterocycles. The van der Waals surface area contributed by atoms with Gasteiger partial charge in [0, 0.05) is 18.3 Å². The predicted molar refractivity (Wildman–Crippen MR) is 111 cm³/mol. The van der Waals surface area contributed by atoms with Crippen LogP contribution < -0.4 is 20.3 Å². The van der Waals surface area contributed by atoms with E-state index in [1.165, 1.54) is 55.7 Å². The van der Waals surface area contributed by atoms with Crippen LogP contribution in [0.3, 0.4) is 0 Å². The van der Waals surface area contributed by atoms with Gasteiger partial charge in [-0.3, -0.25) is 20.4 Å². The van der Waals surface area contributed by atoms with Gasteiger partial charge < -0.3 is 19.1 Å². The molecule has 0 aromatic heterocycles. The molecule has 0 atom stereocenters. The van der Waals surface area contributed by atoms with E-state index in [9.17, 15) is 22.8 Å². The molecule has 0 bridgehead atoms. The molecule has 170 valence electrons. The van der Waals surface area contributed by atoms with E-state index in [0.29, 0.717) is 11.5 Å². The van der Waals surface area contributed by atoms with E-state index in [1.807, 2.05) is 0 Å². The molecular formula is C19H20N4O8S. The lowest BCUT2D eigenvalue weighted by Gasteiger charge is -2.26. The van der Waals surface area contributed by atoms with Crippen molar-refractivity contribution in [2.24, 2.45) is 4.40 Å². The van der Waals surface area contributed by atoms with Crippen LogP contribution in [0.25, 0.3) is 0 Å². The van der Waals surface area contributed by atoms with Crippen LogP contribution in [0, 0.1) is 0 Å². The Kier molecular flexibility index (Phi) is 6.78. The summed E-state index contributed by atoms with van der Waals surface area (Å²) in [4.78, 5) is 37.8. The van der Waals surface area contributed by atoms with Crippen molar-refractivity contribution < 1.29 is 37.0 Å². The highest BCUT2D eigenvalue weighted by Crippen LogP contribution is 2.27. The third-order valence-electron chi connectivity index (χ3n) is 4.36. The molecule has 12 nitrogen and oxygen atoms in total. The quantitative estimate of drug-likeness (QED) is 0.419. The van der Waals surface area contributed by atoms with Crippen LogP contribution in [-0.2, 0) is 24.3 Å². The number of sulfonamides is 1. The van der Waals surface area contributed by atoms with Gasteiger partial charge in [0.15, 0.2) is 18.1 Å². The monoisotopic (exact) mass is 464 g/mol. The molecule has 2 aliphatic rings. The Hall–Kier alpha value is -3.87. The van der Waals surface area contributed by atoms with Crippen molar-refractivity contribution in [1.29, 1.82) is 0 Å². The Morgan fingerprint density at radius 1 is 1.09 bits per heavy atom. The number of fused-ring (bicyclic) bond motifs is 1. The molecule has 2 aliphatic heterocycles. The first-order valence-corrected chi connectivity index (χ1v) is 10.8. The van der Waals surface area contributed by atoms with Gasteiger partial charge in [0.1, 0.15) is 5.84 Å². The topological polar surface area (TPSA) is 153 Å². The summed E-state index contributed by atoms with van der Waals surface area (Å²) in [6.07, 6.45) is 4.11. The van der Waals surface area contributed by atoms with Gasteiger partial charge in [0.2, 0.25) is 0 Å². The number of amidine groups is 1. The largest absolute Gasteiger partial charge is 0.493 e. The number of nitrogens with one attached hydrogen (secondary N) is 2. The number of ether oxygens (including phenoxy) is 3. The van der Waals surface area contributed by atoms with Gasteiger partial charge in [-0.2, -0.15) is 0 Å². The predicted octanol–water partition coefficient (Wildman–Crippen LogP) is -0.494. The number of hydrogen-bond acceptors (Lipinski definition) is 9. The number of carbonyl (C=O) groups excluding carboxylic acids is 3. The van der Waals surface area contributed by atoms with E-state index in [1.54, 1.807) is 0 Å². The maximum atomic E-state index is 12.2. The third-order valence-corrected chi connectivity index (χ3v) is 5.52. The Morgan fingerprint density at radius 2 is 1.84 bits per heavy atom. The average molecular weight is 464 g/mol. The van der Waals surface area contributed by atoms with E-state index in [2.05, 4.69) is 15.2 Å². The molecule has 0 radical (unpaired) electrons. The molecular weight excluding hydrogens is 444 g/mol. The molecule has 13 heteroatoms. The number of benzene rings is 1. The van der Waals surface area contributed by atoms with Crippen molar-refractivity contribution in [3.8, 4) is 11.5 Å². The molecule has 32 heavy (non-hydrogen) atoms. The SMILES string of the molecule is COc1ccc(C(=O)NNC(=O)COC(=O)C2=CN3CCS(=O)(=O)N=C3C=C2)cc1OC. The second-order valence-electron chi connectivity index (χ2n) is 6.49. The maximum absolute atomic E-state index is 12.2. The number of hydrogen-bond donors (Lipinski definition) is 2. The second kappa shape index (κ2) is 9.51. The number of hydrazine groups is 1. The normalized spacial score (nSPS) is 16.1. The number of esters is 1. The van der Waals surface area contributed by atoms with Crippen LogP contribution in [0.4, 0.5) is 0 Å². The summed E-state index contributed by atoms with van der Waals surface area (Å²) in [7, 11) is -0.620. The van der Waals surface area contributed by atoms with E-state index < -0.39 is 34.4 Å². The second-order valence-corrected chi connectivity index (χ2v) is 8.25. The fourth-order valence-corrected chi connectivity index (χ4v) is 3.72. The van der Waals surface area contributed by atoms with E-state index >= 15 is 0 Å². The van der Waals surface area contributed by atoms with Crippen LogP contribution >= 0.6 is 0 Å². The van der Waals surface area contributed by atoms with E-state index in [-0.39, 0.29) is 29.3 Å². The lowest BCUT2D eigenvalue weighted by molar-refractivity contribution is -0.144. The molecule has 0 unspecified atom stereocenters. The van der Waals surface area contributed by atoms with Crippen LogP contribution in [-0.4, -0.2) is 70.1 Å². The summed E-state index contributed by atoms with van der Waals surface area (Å²) in [5.74, 6) is -1.37. The van der Waals surface area contributed by atoms with Gasteiger partial charge in [0.05, 0.1) is 25.5 Å². The first-order valence-electron chi connectivity index (χ1n) is 9.20. The van der Waals surface area contributed by atoms with Crippen molar-refractivity contribution in [1.82, 2.24) is 15.8 Å². The van der Waals surface area contributed by atoms with Crippen molar-refractivity contribution in [2.45, 2.75) is 0 Å². The highest BCUT2D eigenvalue weighted by molar-refractivity contribution is 7.90. The molecule has 0 saturated carbocycles. The number of nitrogens with zero attached hydrogens (tertiary/aromatic N) is 2. The lowest BCUT2D eigenvalue weighted by Crippen LogP contribution is -2.43. The average Bonchev–Trinajstić information content (AvgIpc) is 2.79. The molecule has 2 N–H and O–H groups in total. The Labute approximate surface area is 183 Å². The smallest absolute Gasteiger partial charge is 0.340 e. The molecule has 3 rings (SSSR count). The van der Waals surface area contributed by atoms with Gasteiger partial charge >= 0.3 is 5.97 Å². The summed E-state index contributed by atoms with van der Waals surface area (Å²) in [6, 6.07) is 4.45.